The fourth-order valence-electron chi connectivity index (χ4n) is 2.11. The average molecular weight is 286 g/mol. The SMILES string of the molecule is C[C@@]1(NC(=O)Nc2cccc(F)c2)CCS(=O)(=O)C1. The van der Waals surface area contributed by atoms with Crippen LogP contribution in [-0.2, 0) is 9.84 Å². The van der Waals surface area contributed by atoms with Gasteiger partial charge in [0.15, 0.2) is 9.84 Å². The Labute approximate surface area is 111 Å². The van der Waals surface area contributed by atoms with Crippen molar-refractivity contribution >= 4 is 21.6 Å². The lowest BCUT2D eigenvalue weighted by Crippen LogP contribution is -2.48. The van der Waals surface area contributed by atoms with Gasteiger partial charge in [0.1, 0.15) is 5.82 Å². The zero-order valence-corrected chi connectivity index (χ0v) is 11.3. The molecule has 0 aliphatic carbocycles. The Morgan fingerprint density at radius 3 is 2.74 bits per heavy atom. The Hall–Kier alpha value is -1.63. The third kappa shape index (κ3) is 3.66. The Bertz CT molecular complexity index is 603. The minimum atomic E-state index is -3.08. The van der Waals surface area contributed by atoms with Crippen LogP contribution in [0.5, 0.6) is 0 Å². The van der Waals surface area contributed by atoms with Crippen LogP contribution in [0.2, 0.25) is 0 Å². The number of amides is 2. The van der Waals surface area contributed by atoms with E-state index in [9.17, 15) is 17.6 Å². The van der Waals surface area contributed by atoms with E-state index in [4.69, 9.17) is 0 Å². The van der Waals surface area contributed by atoms with Crippen LogP contribution in [-0.4, -0.2) is 31.5 Å². The van der Waals surface area contributed by atoms with E-state index in [2.05, 4.69) is 10.6 Å². The highest BCUT2D eigenvalue weighted by Crippen LogP contribution is 2.23. The number of halogens is 1. The number of nitrogens with one attached hydrogen (secondary N) is 2. The predicted molar refractivity (Wildman–Crippen MR) is 70.2 cm³/mol. The Morgan fingerprint density at radius 1 is 1.42 bits per heavy atom. The van der Waals surface area contributed by atoms with E-state index in [1.54, 1.807) is 13.0 Å². The molecule has 2 amide bonds. The van der Waals surface area contributed by atoms with E-state index in [0.29, 0.717) is 12.1 Å². The van der Waals surface area contributed by atoms with Crippen LogP contribution < -0.4 is 10.6 Å². The second kappa shape index (κ2) is 4.80. The lowest BCUT2D eigenvalue weighted by atomic mass is 10.0. The summed E-state index contributed by atoms with van der Waals surface area (Å²) in [5, 5.41) is 5.10. The zero-order chi connectivity index (χ0) is 14.1. The number of hydrogen-bond donors (Lipinski definition) is 2. The van der Waals surface area contributed by atoms with Gasteiger partial charge in [-0.05, 0) is 31.5 Å². The first-order chi connectivity index (χ1) is 8.78. The molecule has 2 rings (SSSR count). The van der Waals surface area contributed by atoms with Crippen molar-refractivity contribution in [2.45, 2.75) is 18.9 Å². The van der Waals surface area contributed by atoms with Crippen molar-refractivity contribution in [3.05, 3.63) is 30.1 Å². The molecule has 19 heavy (non-hydrogen) atoms. The molecular weight excluding hydrogens is 271 g/mol. The molecule has 1 fully saturated rings. The largest absolute Gasteiger partial charge is 0.332 e. The molecule has 1 heterocycles. The molecular formula is C12H15FN2O3S. The number of carbonyl (C=O) groups excluding carboxylic acids is 1. The fourth-order valence-corrected chi connectivity index (χ4v) is 4.20. The Morgan fingerprint density at radius 2 is 2.16 bits per heavy atom. The van der Waals surface area contributed by atoms with E-state index in [0.717, 1.165) is 0 Å². The summed E-state index contributed by atoms with van der Waals surface area (Å²) in [7, 11) is -3.08. The number of hydrogen-bond acceptors (Lipinski definition) is 3. The summed E-state index contributed by atoms with van der Waals surface area (Å²) in [5.41, 5.74) is -0.446. The van der Waals surface area contributed by atoms with Gasteiger partial charge in [-0.1, -0.05) is 6.07 Å². The van der Waals surface area contributed by atoms with Crippen molar-refractivity contribution < 1.29 is 17.6 Å². The third-order valence-electron chi connectivity index (χ3n) is 3.00. The molecule has 0 unspecified atom stereocenters. The topological polar surface area (TPSA) is 75.3 Å². The van der Waals surface area contributed by atoms with Gasteiger partial charge >= 0.3 is 6.03 Å². The van der Waals surface area contributed by atoms with Crippen LogP contribution in [0, 0.1) is 5.82 Å². The normalized spacial score (nSPS) is 24.9. The van der Waals surface area contributed by atoms with Gasteiger partial charge in [-0.15, -0.1) is 0 Å². The summed E-state index contributed by atoms with van der Waals surface area (Å²) >= 11 is 0. The quantitative estimate of drug-likeness (QED) is 0.865. The predicted octanol–water partition coefficient (Wildman–Crippen LogP) is 1.52. The van der Waals surface area contributed by atoms with Gasteiger partial charge < -0.3 is 10.6 Å². The molecule has 104 valence electrons. The maximum atomic E-state index is 12.9. The lowest BCUT2D eigenvalue weighted by Gasteiger charge is -2.23. The van der Waals surface area contributed by atoms with Crippen LogP contribution in [0.4, 0.5) is 14.9 Å². The molecule has 0 spiro atoms. The first-order valence-electron chi connectivity index (χ1n) is 5.83. The first-order valence-corrected chi connectivity index (χ1v) is 7.65. The Kier molecular flexibility index (Phi) is 3.49. The van der Waals surface area contributed by atoms with E-state index >= 15 is 0 Å². The molecule has 0 radical (unpaired) electrons. The van der Waals surface area contributed by atoms with Crippen molar-refractivity contribution in [1.82, 2.24) is 5.32 Å². The minimum Gasteiger partial charge on any atom is -0.332 e. The summed E-state index contributed by atoms with van der Waals surface area (Å²) in [6, 6.07) is 4.95. The zero-order valence-electron chi connectivity index (χ0n) is 10.4. The van der Waals surface area contributed by atoms with E-state index in [1.165, 1.54) is 18.2 Å². The molecule has 5 nitrogen and oxygen atoms in total. The standard InChI is InChI=1S/C12H15FN2O3S/c1-12(5-6-19(17,18)8-12)15-11(16)14-10-4-2-3-9(13)7-10/h2-4,7H,5-6,8H2,1H3,(H2,14,15,16)/t12-/m1/s1. The van der Waals surface area contributed by atoms with Crippen LogP contribution in [0.3, 0.4) is 0 Å². The molecule has 1 aromatic rings. The molecule has 1 atom stereocenters. The van der Waals surface area contributed by atoms with Gasteiger partial charge in [-0.3, -0.25) is 0 Å². The number of rotatable bonds is 2. The minimum absolute atomic E-state index is 0.0728. The summed E-state index contributed by atoms with van der Waals surface area (Å²) in [5.74, 6) is -0.451. The van der Waals surface area contributed by atoms with Crippen molar-refractivity contribution in [3.8, 4) is 0 Å². The molecule has 1 aliphatic rings. The molecule has 2 N–H and O–H groups in total. The van der Waals surface area contributed by atoms with Crippen LogP contribution in [0.1, 0.15) is 13.3 Å². The van der Waals surface area contributed by atoms with E-state index < -0.39 is 27.2 Å². The summed E-state index contributed by atoms with van der Waals surface area (Å²) in [6.07, 6.45) is 0.381. The number of benzene rings is 1. The van der Waals surface area contributed by atoms with Gasteiger partial charge in [0.2, 0.25) is 0 Å². The van der Waals surface area contributed by atoms with Crippen LogP contribution >= 0.6 is 0 Å². The van der Waals surface area contributed by atoms with Crippen molar-refractivity contribution in [1.29, 1.82) is 0 Å². The van der Waals surface area contributed by atoms with E-state index in [-0.39, 0.29) is 11.5 Å². The second-order valence-corrected chi connectivity index (χ2v) is 7.18. The second-order valence-electron chi connectivity index (χ2n) is 4.99. The highest BCUT2D eigenvalue weighted by atomic mass is 32.2. The van der Waals surface area contributed by atoms with Crippen molar-refractivity contribution in [3.63, 3.8) is 0 Å². The van der Waals surface area contributed by atoms with E-state index in [1.807, 2.05) is 0 Å². The maximum absolute atomic E-state index is 12.9. The fraction of sp³-hybridized carbons (Fsp3) is 0.417. The molecule has 1 aromatic carbocycles. The molecule has 0 bridgehead atoms. The monoisotopic (exact) mass is 286 g/mol. The number of anilines is 1. The average Bonchev–Trinajstić information content (AvgIpc) is 2.52. The van der Waals surface area contributed by atoms with Gasteiger partial charge in [-0.2, -0.15) is 0 Å². The van der Waals surface area contributed by atoms with Gasteiger partial charge in [-0.25, -0.2) is 17.6 Å². The number of urea groups is 1. The van der Waals surface area contributed by atoms with Gasteiger partial charge in [0, 0.05) is 5.69 Å². The lowest BCUT2D eigenvalue weighted by molar-refractivity contribution is 0.242. The molecule has 0 saturated carbocycles. The van der Waals surface area contributed by atoms with Crippen molar-refractivity contribution in [2.24, 2.45) is 0 Å². The molecule has 1 aliphatic heterocycles. The molecule has 1 saturated heterocycles. The Balaban J connectivity index is 1.99. The number of carbonyl (C=O) groups is 1. The summed E-state index contributed by atoms with van der Waals surface area (Å²) in [4.78, 5) is 11.8. The van der Waals surface area contributed by atoms with Crippen molar-refractivity contribution in [2.75, 3.05) is 16.8 Å². The van der Waals surface area contributed by atoms with Crippen LogP contribution in [0.25, 0.3) is 0 Å². The van der Waals surface area contributed by atoms with Gasteiger partial charge in [0.05, 0.1) is 17.0 Å². The van der Waals surface area contributed by atoms with Crippen LogP contribution in [0.15, 0.2) is 24.3 Å². The highest BCUT2D eigenvalue weighted by molar-refractivity contribution is 7.91. The molecule has 0 aromatic heterocycles. The third-order valence-corrected chi connectivity index (χ3v) is 4.90. The summed E-state index contributed by atoms with van der Waals surface area (Å²) < 4.78 is 35.8. The highest BCUT2D eigenvalue weighted by Gasteiger charge is 2.39. The summed E-state index contributed by atoms with van der Waals surface area (Å²) in [6.45, 7) is 1.68. The number of sulfone groups is 1. The molecule has 7 heteroatoms. The first kappa shape index (κ1) is 13.8. The maximum Gasteiger partial charge on any atom is 0.319 e. The van der Waals surface area contributed by atoms with Gasteiger partial charge in [0.25, 0.3) is 0 Å². The smallest absolute Gasteiger partial charge is 0.319 e.